The van der Waals surface area contributed by atoms with E-state index in [0.29, 0.717) is 5.15 Å². The lowest BCUT2D eigenvalue weighted by molar-refractivity contribution is 0.241. The van der Waals surface area contributed by atoms with E-state index in [0.717, 1.165) is 25.6 Å². The van der Waals surface area contributed by atoms with Gasteiger partial charge in [-0.3, -0.25) is 4.90 Å². The van der Waals surface area contributed by atoms with Crippen LogP contribution in [0.2, 0.25) is 5.15 Å². The largest absolute Gasteiger partial charge is 0.296 e. The summed E-state index contributed by atoms with van der Waals surface area (Å²) in [6.07, 6.45) is 3.83. The summed E-state index contributed by atoms with van der Waals surface area (Å²) in [6.45, 7) is 2.23. The van der Waals surface area contributed by atoms with Crippen molar-refractivity contribution in [3.05, 3.63) is 28.5 Å². The number of rotatable bonds is 1. The summed E-state index contributed by atoms with van der Waals surface area (Å²) in [5.74, 6) is 0. The zero-order valence-corrected chi connectivity index (χ0v) is 8.80. The summed E-state index contributed by atoms with van der Waals surface area (Å²) in [7, 11) is 0. The van der Waals surface area contributed by atoms with Crippen molar-refractivity contribution in [3.8, 4) is 0 Å². The molecular weight excluding hydrogens is 196 g/mol. The Balaban J connectivity index is 1.86. The van der Waals surface area contributed by atoms with Gasteiger partial charge in [0, 0.05) is 31.2 Å². The predicted octanol–water partition coefficient (Wildman–Crippen LogP) is 2.26. The van der Waals surface area contributed by atoms with Crippen LogP contribution in [0.3, 0.4) is 0 Å². The van der Waals surface area contributed by atoms with Crippen LogP contribution in [0.25, 0.3) is 0 Å². The molecule has 2 aliphatic rings. The Labute approximate surface area is 88.9 Å². The molecular formula is C11H13ClN2. The van der Waals surface area contributed by atoms with Crippen molar-refractivity contribution < 1.29 is 0 Å². The highest BCUT2D eigenvalue weighted by Gasteiger charge is 2.31. The Hall–Kier alpha value is -0.600. The summed E-state index contributed by atoms with van der Waals surface area (Å²) in [5, 5.41) is 0.628. The van der Waals surface area contributed by atoms with E-state index in [4.69, 9.17) is 11.6 Å². The van der Waals surface area contributed by atoms with Crippen LogP contribution in [0.4, 0.5) is 0 Å². The minimum atomic E-state index is 0.628. The van der Waals surface area contributed by atoms with Crippen molar-refractivity contribution in [1.29, 1.82) is 0 Å². The number of aromatic nitrogens is 1. The molecule has 1 saturated carbocycles. The van der Waals surface area contributed by atoms with Crippen molar-refractivity contribution in [2.24, 2.45) is 0 Å². The van der Waals surface area contributed by atoms with Crippen LogP contribution in [0.5, 0.6) is 0 Å². The molecule has 1 aromatic heterocycles. The van der Waals surface area contributed by atoms with Crippen LogP contribution >= 0.6 is 11.6 Å². The first-order chi connectivity index (χ1) is 6.83. The van der Waals surface area contributed by atoms with Crippen molar-refractivity contribution >= 4 is 11.6 Å². The second-order valence-electron chi connectivity index (χ2n) is 4.19. The molecule has 74 valence electrons. The van der Waals surface area contributed by atoms with E-state index in [1.54, 1.807) is 0 Å². The molecule has 14 heavy (non-hydrogen) atoms. The van der Waals surface area contributed by atoms with Gasteiger partial charge >= 0.3 is 0 Å². The first kappa shape index (κ1) is 8.69. The van der Waals surface area contributed by atoms with Gasteiger partial charge in [-0.15, -0.1) is 0 Å². The molecule has 0 atom stereocenters. The summed E-state index contributed by atoms with van der Waals surface area (Å²) < 4.78 is 0. The maximum Gasteiger partial charge on any atom is 0.129 e. The number of hydrogen-bond donors (Lipinski definition) is 0. The third-order valence-electron chi connectivity index (χ3n) is 3.11. The molecule has 3 heteroatoms. The Morgan fingerprint density at radius 1 is 1.36 bits per heavy atom. The lowest BCUT2D eigenvalue weighted by atomic mass is 10.1. The highest BCUT2D eigenvalue weighted by atomic mass is 35.5. The molecule has 0 radical (unpaired) electrons. The molecule has 0 saturated heterocycles. The van der Waals surface area contributed by atoms with Gasteiger partial charge in [0.2, 0.25) is 0 Å². The van der Waals surface area contributed by atoms with Crippen LogP contribution in [0.15, 0.2) is 12.1 Å². The third-order valence-corrected chi connectivity index (χ3v) is 3.32. The van der Waals surface area contributed by atoms with E-state index >= 15 is 0 Å². The molecule has 0 bridgehead atoms. The monoisotopic (exact) mass is 208 g/mol. The topological polar surface area (TPSA) is 16.1 Å². The number of pyridine rings is 1. The molecule has 0 spiro atoms. The average molecular weight is 209 g/mol. The van der Waals surface area contributed by atoms with Gasteiger partial charge in [-0.1, -0.05) is 17.7 Å². The minimum Gasteiger partial charge on any atom is -0.296 e. The van der Waals surface area contributed by atoms with E-state index in [9.17, 15) is 0 Å². The standard InChI is InChI=1S/C11H13ClN2/c12-11-4-1-8-7-14(9-2-3-9)6-5-10(8)13-11/h1,4,9H,2-3,5-7H2. The lowest BCUT2D eigenvalue weighted by Crippen LogP contribution is -2.32. The predicted molar refractivity (Wildman–Crippen MR) is 56.4 cm³/mol. The quantitative estimate of drug-likeness (QED) is 0.659. The SMILES string of the molecule is Clc1ccc2c(n1)CCN(C1CC1)C2. The molecule has 1 fully saturated rings. The molecule has 0 N–H and O–H groups in total. The summed E-state index contributed by atoms with van der Waals surface area (Å²) >= 11 is 5.86. The molecule has 0 aromatic carbocycles. The fourth-order valence-corrected chi connectivity index (χ4v) is 2.33. The van der Waals surface area contributed by atoms with Crippen molar-refractivity contribution in [2.45, 2.75) is 31.8 Å². The number of halogens is 1. The van der Waals surface area contributed by atoms with Crippen molar-refractivity contribution in [3.63, 3.8) is 0 Å². The molecule has 3 rings (SSSR count). The molecule has 1 aliphatic heterocycles. The van der Waals surface area contributed by atoms with E-state index < -0.39 is 0 Å². The lowest BCUT2D eigenvalue weighted by Gasteiger charge is -2.27. The minimum absolute atomic E-state index is 0.628. The Bertz CT molecular complexity index is 360. The summed E-state index contributed by atoms with van der Waals surface area (Å²) in [5.41, 5.74) is 2.57. The van der Waals surface area contributed by atoms with Gasteiger partial charge < -0.3 is 0 Å². The Morgan fingerprint density at radius 2 is 2.21 bits per heavy atom. The van der Waals surface area contributed by atoms with E-state index in [1.165, 1.54) is 24.1 Å². The van der Waals surface area contributed by atoms with Crippen LogP contribution in [0.1, 0.15) is 24.1 Å². The van der Waals surface area contributed by atoms with Crippen LogP contribution in [-0.4, -0.2) is 22.5 Å². The first-order valence-electron chi connectivity index (χ1n) is 5.21. The van der Waals surface area contributed by atoms with Gasteiger partial charge in [0.05, 0.1) is 0 Å². The van der Waals surface area contributed by atoms with E-state index in [-0.39, 0.29) is 0 Å². The number of hydrogen-bond acceptors (Lipinski definition) is 2. The van der Waals surface area contributed by atoms with Gasteiger partial charge in [0.25, 0.3) is 0 Å². The maximum atomic E-state index is 5.86. The number of fused-ring (bicyclic) bond motifs is 1. The Morgan fingerprint density at radius 3 is 3.00 bits per heavy atom. The molecule has 2 nitrogen and oxygen atoms in total. The molecule has 1 aliphatic carbocycles. The smallest absolute Gasteiger partial charge is 0.129 e. The van der Waals surface area contributed by atoms with Gasteiger partial charge in [0.1, 0.15) is 5.15 Å². The normalized spacial score (nSPS) is 22.1. The zero-order chi connectivity index (χ0) is 9.54. The van der Waals surface area contributed by atoms with Crippen LogP contribution in [0, 0.1) is 0 Å². The molecule has 2 heterocycles. The average Bonchev–Trinajstić information content (AvgIpc) is 3.00. The third kappa shape index (κ3) is 1.53. The van der Waals surface area contributed by atoms with Crippen molar-refractivity contribution in [2.75, 3.05) is 6.54 Å². The first-order valence-corrected chi connectivity index (χ1v) is 5.59. The van der Waals surface area contributed by atoms with Gasteiger partial charge in [-0.05, 0) is 24.5 Å². The van der Waals surface area contributed by atoms with Crippen molar-refractivity contribution in [1.82, 2.24) is 9.88 Å². The Kier molecular flexibility index (Phi) is 1.99. The molecule has 0 amide bonds. The zero-order valence-electron chi connectivity index (χ0n) is 8.04. The summed E-state index contributed by atoms with van der Waals surface area (Å²) in [6, 6.07) is 4.88. The van der Waals surface area contributed by atoms with E-state index in [1.807, 2.05) is 6.07 Å². The fraction of sp³-hybridized carbons (Fsp3) is 0.545. The van der Waals surface area contributed by atoms with Crippen LogP contribution < -0.4 is 0 Å². The van der Waals surface area contributed by atoms with Crippen LogP contribution in [-0.2, 0) is 13.0 Å². The molecule has 1 aromatic rings. The highest BCUT2D eigenvalue weighted by Crippen LogP contribution is 2.31. The molecule has 0 unspecified atom stereocenters. The second-order valence-corrected chi connectivity index (χ2v) is 4.58. The van der Waals surface area contributed by atoms with Gasteiger partial charge in [-0.25, -0.2) is 4.98 Å². The fourth-order valence-electron chi connectivity index (χ4n) is 2.16. The van der Waals surface area contributed by atoms with E-state index in [2.05, 4.69) is 16.0 Å². The van der Waals surface area contributed by atoms with Gasteiger partial charge in [-0.2, -0.15) is 0 Å². The summed E-state index contributed by atoms with van der Waals surface area (Å²) in [4.78, 5) is 6.93. The van der Waals surface area contributed by atoms with Gasteiger partial charge in [0.15, 0.2) is 0 Å². The maximum absolute atomic E-state index is 5.86. The highest BCUT2D eigenvalue weighted by molar-refractivity contribution is 6.29. The second kappa shape index (κ2) is 3.21. The number of nitrogens with zero attached hydrogens (tertiary/aromatic N) is 2.